The van der Waals surface area contributed by atoms with E-state index >= 15 is 0 Å². The Bertz CT molecular complexity index is 923. The minimum absolute atomic E-state index is 0.247. The van der Waals surface area contributed by atoms with Gasteiger partial charge in [-0.3, -0.25) is 4.79 Å². The zero-order chi connectivity index (χ0) is 17.1. The summed E-state index contributed by atoms with van der Waals surface area (Å²) in [5.74, 6) is -1.92. The van der Waals surface area contributed by atoms with E-state index in [9.17, 15) is 13.6 Å². The van der Waals surface area contributed by atoms with E-state index in [1.807, 2.05) is 37.3 Å². The number of halogens is 2. The van der Waals surface area contributed by atoms with Crippen LogP contribution < -0.4 is 10.9 Å². The molecule has 0 saturated heterocycles. The maximum absolute atomic E-state index is 13.4. The second-order valence-corrected chi connectivity index (χ2v) is 5.18. The number of hydrogen-bond donors (Lipinski definition) is 1. The van der Waals surface area contributed by atoms with Crippen LogP contribution in [0.3, 0.4) is 0 Å². The van der Waals surface area contributed by atoms with Gasteiger partial charge in [-0.05, 0) is 25.1 Å². The van der Waals surface area contributed by atoms with Crippen LogP contribution in [0.25, 0.3) is 11.3 Å². The fraction of sp³-hybridized carbons (Fsp3) is 0.111. The monoisotopic (exact) mass is 327 g/mol. The van der Waals surface area contributed by atoms with Crippen LogP contribution in [-0.4, -0.2) is 9.78 Å². The first-order valence-corrected chi connectivity index (χ1v) is 7.48. The molecule has 6 heteroatoms. The van der Waals surface area contributed by atoms with Gasteiger partial charge in [0.15, 0.2) is 11.6 Å². The third-order valence-corrected chi connectivity index (χ3v) is 3.54. The number of nitrogens with one attached hydrogen (secondary N) is 1. The Labute approximate surface area is 137 Å². The predicted octanol–water partition coefficient (Wildman–Crippen LogP) is 3.95. The number of anilines is 2. The van der Waals surface area contributed by atoms with Crippen molar-refractivity contribution >= 4 is 11.4 Å². The molecule has 0 fully saturated rings. The van der Waals surface area contributed by atoms with Gasteiger partial charge in [-0.2, -0.15) is 5.10 Å². The predicted molar refractivity (Wildman–Crippen MR) is 89.2 cm³/mol. The van der Waals surface area contributed by atoms with Gasteiger partial charge in [0.05, 0.1) is 5.69 Å². The minimum atomic E-state index is -0.979. The second-order valence-electron chi connectivity index (χ2n) is 5.18. The van der Waals surface area contributed by atoms with E-state index in [2.05, 4.69) is 10.4 Å². The number of hydrogen-bond acceptors (Lipinski definition) is 3. The van der Waals surface area contributed by atoms with Crippen molar-refractivity contribution in [2.75, 3.05) is 5.32 Å². The van der Waals surface area contributed by atoms with Crippen molar-refractivity contribution in [2.45, 2.75) is 13.5 Å². The first kappa shape index (κ1) is 15.9. The quantitative estimate of drug-likeness (QED) is 0.789. The molecule has 0 aliphatic heterocycles. The molecule has 24 heavy (non-hydrogen) atoms. The molecule has 0 saturated carbocycles. The summed E-state index contributed by atoms with van der Waals surface area (Å²) < 4.78 is 27.7. The SMILES string of the molecule is CCn1nc(-c2ccccc2)cc(Nc2ccc(F)c(F)c2)c1=O. The number of nitrogens with zero attached hydrogens (tertiary/aromatic N) is 2. The van der Waals surface area contributed by atoms with Crippen molar-refractivity contribution in [1.29, 1.82) is 0 Å². The van der Waals surface area contributed by atoms with Crippen LogP contribution in [0.2, 0.25) is 0 Å². The van der Waals surface area contributed by atoms with E-state index in [0.717, 1.165) is 17.7 Å². The summed E-state index contributed by atoms with van der Waals surface area (Å²) >= 11 is 0. The van der Waals surface area contributed by atoms with Crippen molar-refractivity contribution < 1.29 is 8.78 Å². The Hall–Kier alpha value is -3.02. The van der Waals surface area contributed by atoms with Gasteiger partial charge in [0.25, 0.3) is 5.56 Å². The van der Waals surface area contributed by atoms with Crippen LogP contribution in [0.5, 0.6) is 0 Å². The number of benzene rings is 2. The minimum Gasteiger partial charge on any atom is -0.351 e. The third-order valence-electron chi connectivity index (χ3n) is 3.54. The maximum Gasteiger partial charge on any atom is 0.290 e. The average Bonchev–Trinajstić information content (AvgIpc) is 2.60. The molecule has 0 radical (unpaired) electrons. The summed E-state index contributed by atoms with van der Waals surface area (Å²) in [6, 6.07) is 14.4. The fourth-order valence-corrected chi connectivity index (χ4v) is 2.33. The third kappa shape index (κ3) is 3.17. The van der Waals surface area contributed by atoms with Gasteiger partial charge in [-0.15, -0.1) is 0 Å². The molecule has 0 bridgehead atoms. The van der Waals surface area contributed by atoms with E-state index in [-0.39, 0.29) is 11.2 Å². The smallest absolute Gasteiger partial charge is 0.290 e. The summed E-state index contributed by atoms with van der Waals surface area (Å²) in [6.07, 6.45) is 0. The van der Waals surface area contributed by atoms with Gasteiger partial charge < -0.3 is 5.32 Å². The van der Waals surface area contributed by atoms with Gasteiger partial charge in [0.1, 0.15) is 5.69 Å². The molecule has 0 aliphatic carbocycles. The average molecular weight is 327 g/mol. The lowest BCUT2D eigenvalue weighted by molar-refractivity contribution is 0.509. The molecule has 4 nitrogen and oxygen atoms in total. The van der Waals surface area contributed by atoms with Crippen molar-refractivity contribution in [1.82, 2.24) is 9.78 Å². The molecular formula is C18H15F2N3O. The van der Waals surface area contributed by atoms with E-state index in [1.54, 1.807) is 6.07 Å². The van der Waals surface area contributed by atoms with Gasteiger partial charge >= 0.3 is 0 Å². The highest BCUT2D eigenvalue weighted by molar-refractivity contribution is 5.66. The van der Waals surface area contributed by atoms with Gasteiger partial charge in [-0.25, -0.2) is 13.5 Å². The molecule has 0 spiro atoms. The van der Waals surface area contributed by atoms with Gasteiger partial charge in [0.2, 0.25) is 0 Å². The molecule has 122 valence electrons. The Kier molecular flexibility index (Phi) is 4.37. The lowest BCUT2D eigenvalue weighted by atomic mass is 10.1. The molecule has 0 unspecified atom stereocenters. The Morgan fingerprint density at radius 3 is 2.46 bits per heavy atom. The van der Waals surface area contributed by atoms with Crippen molar-refractivity contribution in [2.24, 2.45) is 0 Å². The maximum atomic E-state index is 13.4. The van der Waals surface area contributed by atoms with Gasteiger partial charge in [0, 0.05) is 23.9 Å². The molecule has 1 N–H and O–H groups in total. The molecule has 2 aromatic carbocycles. The van der Waals surface area contributed by atoms with Crippen LogP contribution in [-0.2, 0) is 6.54 Å². The highest BCUT2D eigenvalue weighted by Gasteiger charge is 2.10. The standard InChI is InChI=1S/C18H15F2N3O/c1-2-23-18(24)17(21-13-8-9-14(19)15(20)10-13)11-16(22-23)12-6-4-3-5-7-12/h3-11,21H,2H2,1H3. The largest absolute Gasteiger partial charge is 0.351 e. The van der Waals surface area contributed by atoms with E-state index in [4.69, 9.17) is 0 Å². The molecule has 1 aromatic heterocycles. The number of aryl methyl sites for hydroxylation is 1. The molecule has 3 rings (SSSR count). The van der Waals surface area contributed by atoms with Crippen molar-refractivity contribution in [3.63, 3.8) is 0 Å². The molecular weight excluding hydrogens is 312 g/mol. The Morgan fingerprint density at radius 1 is 1.04 bits per heavy atom. The van der Waals surface area contributed by atoms with Crippen LogP contribution in [0.1, 0.15) is 6.92 Å². The summed E-state index contributed by atoms with van der Waals surface area (Å²) in [5.41, 5.74) is 1.67. The normalized spacial score (nSPS) is 10.6. The summed E-state index contributed by atoms with van der Waals surface area (Å²) in [7, 11) is 0. The molecule has 3 aromatic rings. The van der Waals surface area contributed by atoms with Crippen LogP contribution >= 0.6 is 0 Å². The van der Waals surface area contributed by atoms with E-state index in [1.165, 1.54) is 10.7 Å². The zero-order valence-corrected chi connectivity index (χ0v) is 13.0. The lowest BCUT2D eigenvalue weighted by Crippen LogP contribution is -2.24. The zero-order valence-electron chi connectivity index (χ0n) is 13.0. The Balaban J connectivity index is 2.06. The number of aromatic nitrogens is 2. The van der Waals surface area contributed by atoms with Crippen LogP contribution in [0.15, 0.2) is 59.4 Å². The highest BCUT2D eigenvalue weighted by Crippen LogP contribution is 2.21. The van der Waals surface area contributed by atoms with E-state index < -0.39 is 11.6 Å². The van der Waals surface area contributed by atoms with Crippen LogP contribution in [0.4, 0.5) is 20.2 Å². The molecule has 0 aliphatic rings. The summed E-state index contributed by atoms with van der Waals surface area (Å²) in [4.78, 5) is 12.4. The second kappa shape index (κ2) is 6.62. The summed E-state index contributed by atoms with van der Waals surface area (Å²) in [6.45, 7) is 2.20. The molecule has 1 heterocycles. The topological polar surface area (TPSA) is 46.9 Å². The van der Waals surface area contributed by atoms with Crippen LogP contribution in [0, 0.1) is 11.6 Å². The molecule has 0 amide bonds. The van der Waals surface area contributed by atoms with Crippen molar-refractivity contribution in [3.05, 3.63) is 76.6 Å². The van der Waals surface area contributed by atoms with Crippen molar-refractivity contribution in [3.8, 4) is 11.3 Å². The Morgan fingerprint density at radius 2 is 1.79 bits per heavy atom. The van der Waals surface area contributed by atoms with Gasteiger partial charge in [-0.1, -0.05) is 30.3 Å². The highest BCUT2D eigenvalue weighted by atomic mass is 19.2. The first-order valence-electron chi connectivity index (χ1n) is 7.48. The number of rotatable bonds is 4. The fourth-order valence-electron chi connectivity index (χ4n) is 2.33. The lowest BCUT2D eigenvalue weighted by Gasteiger charge is -2.11. The first-order chi connectivity index (χ1) is 11.6. The molecule has 0 atom stereocenters. The van der Waals surface area contributed by atoms with E-state index in [0.29, 0.717) is 17.9 Å². The summed E-state index contributed by atoms with van der Waals surface area (Å²) in [5, 5.41) is 7.17.